The number of pyridine rings is 1. The molecule has 0 fully saturated rings. The lowest BCUT2D eigenvalue weighted by Gasteiger charge is -2.09. The number of anilines is 2. The van der Waals surface area contributed by atoms with Crippen LogP contribution in [0.2, 0.25) is 5.02 Å². The van der Waals surface area contributed by atoms with Crippen LogP contribution in [0.3, 0.4) is 0 Å². The van der Waals surface area contributed by atoms with Crippen molar-refractivity contribution in [3.63, 3.8) is 0 Å². The lowest BCUT2D eigenvalue weighted by molar-refractivity contribution is 0.0692. The Bertz CT molecular complexity index is 728. The number of carboxylic acid groups (broad SMARTS) is 1. The molecule has 0 amide bonds. The summed E-state index contributed by atoms with van der Waals surface area (Å²) >= 11 is 5.80. The van der Waals surface area contributed by atoms with E-state index in [-0.39, 0.29) is 17.1 Å². The normalized spacial score (nSPS) is 9.85. The average molecular weight is 292 g/mol. The number of aromatic carboxylic acids is 1. The number of nitrogens with one attached hydrogen (secondary N) is 1. The number of hydrogen-bond acceptors (Lipinski definition) is 4. The molecule has 2 rings (SSSR count). The van der Waals surface area contributed by atoms with Gasteiger partial charge in [-0.05, 0) is 24.3 Å². The molecule has 0 aliphatic heterocycles. The van der Waals surface area contributed by atoms with Crippen LogP contribution in [0.1, 0.15) is 15.9 Å². The van der Waals surface area contributed by atoms with E-state index in [2.05, 4.69) is 10.3 Å². The molecule has 0 saturated heterocycles. The number of hydrogen-bond donors (Lipinski definition) is 2. The number of aromatic nitrogens is 1. The molecule has 1 heterocycles. The number of benzene rings is 1. The van der Waals surface area contributed by atoms with Gasteiger partial charge in [0.1, 0.15) is 11.6 Å². The van der Waals surface area contributed by atoms with E-state index in [1.165, 1.54) is 18.2 Å². The first-order valence-corrected chi connectivity index (χ1v) is 5.75. The summed E-state index contributed by atoms with van der Waals surface area (Å²) in [6.45, 7) is 0. The summed E-state index contributed by atoms with van der Waals surface area (Å²) in [5.41, 5.74) is -0.0340. The van der Waals surface area contributed by atoms with Crippen LogP contribution in [-0.4, -0.2) is 16.1 Å². The minimum Gasteiger partial charge on any atom is -0.478 e. The Labute approximate surface area is 118 Å². The van der Waals surface area contributed by atoms with Crippen molar-refractivity contribution < 1.29 is 14.3 Å². The van der Waals surface area contributed by atoms with Gasteiger partial charge in [0.05, 0.1) is 11.3 Å². The quantitative estimate of drug-likeness (QED) is 0.907. The van der Waals surface area contributed by atoms with Crippen molar-refractivity contribution in [1.82, 2.24) is 4.98 Å². The fourth-order valence-corrected chi connectivity index (χ4v) is 1.71. The van der Waals surface area contributed by atoms with Gasteiger partial charge in [0.15, 0.2) is 11.6 Å². The maximum absolute atomic E-state index is 13.9. The molecule has 100 valence electrons. The van der Waals surface area contributed by atoms with Crippen molar-refractivity contribution in [2.45, 2.75) is 0 Å². The number of carboxylic acids is 1. The van der Waals surface area contributed by atoms with Crippen molar-refractivity contribution in [1.29, 1.82) is 5.26 Å². The van der Waals surface area contributed by atoms with Crippen molar-refractivity contribution in [3.05, 3.63) is 52.4 Å². The monoisotopic (exact) mass is 291 g/mol. The molecule has 0 aliphatic rings. The zero-order valence-electron chi connectivity index (χ0n) is 9.89. The molecule has 0 atom stereocenters. The van der Waals surface area contributed by atoms with Crippen LogP contribution in [0.25, 0.3) is 0 Å². The maximum Gasteiger partial charge on any atom is 0.338 e. The molecule has 20 heavy (non-hydrogen) atoms. The zero-order chi connectivity index (χ0) is 14.7. The van der Waals surface area contributed by atoms with Crippen LogP contribution in [-0.2, 0) is 0 Å². The van der Waals surface area contributed by atoms with Crippen molar-refractivity contribution in [2.75, 3.05) is 5.32 Å². The first kappa shape index (κ1) is 13.8. The van der Waals surface area contributed by atoms with Gasteiger partial charge in [-0.2, -0.15) is 5.26 Å². The van der Waals surface area contributed by atoms with Crippen LogP contribution >= 0.6 is 11.6 Å². The molecule has 0 aliphatic carbocycles. The highest BCUT2D eigenvalue weighted by Gasteiger charge is 2.16. The Hall–Kier alpha value is -2.65. The summed E-state index contributed by atoms with van der Waals surface area (Å²) in [7, 11) is 0. The number of nitrogens with zero attached hydrogens (tertiary/aromatic N) is 2. The SMILES string of the molecule is N#Cc1ccc(Cl)cc1Nc1nccc(C(=O)O)c1F. The second-order valence-electron chi connectivity index (χ2n) is 3.75. The van der Waals surface area contributed by atoms with Gasteiger partial charge in [0.2, 0.25) is 0 Å². The minimum atomic E-state index is -1.40. The predicted octanol–water partition coefficient (Wildman–Crippen LogP) is 3.19. The molecule has 1 aromatic carbocycles. The Morgan fingerprint density at radius 1 is 1.45 bits per heavy atom. The molecular weight excluding hydrogens is 285 g/mol. The fourth-order valence-electron chi connectivity index (χ4n) is 1.54. The molecule has 0 spiro atoms. The number of rotatable bonds is 3. The van der Waals surface area contributed by atoms with Gasteiger partial charge in [-0.15, -0.1) is 0 Å². The highest BCUT2D eigenvalue weighted by atomic mass is 35.5. The number of nitriles is 1. The van der Waals surface area contributed by atoms with E-state index >= 15 is 0 Å². The van der Waals surface area contributed by atoms with E-state index in [1.54, 1.807) is 0 Å². The third kappa shape index (κ3) is 2.68. The number of halogens is 2. The first-order chi connectivity index (χ1) is 9.52. The van der Waals surface area contributed by atoms with Crippen molar-refractivity contribution in [2.24, 2.45) is 0 Å². The van der Waals surface area contributed by atoms with E-state index in [0.717, 1.165) is 12.3 Å². The van der Waals surface area contributed by atoms with Crippen LogP contribution in [0.15, 0.2) is 30.5 Å². The molecule has 7 heteroatoms. The smallest absolute Gasteiger partial charge is 0.338 e. The third-order valence-corrected chi connectivity index (χ3v) is 2.71. The third-order valence-electron chi connectivity index (χ3n) is 2.47. The summed E-state index contributed by atoms with van der Waals surface area (Å²) in [5.74, 6) is -2.70. The number of carbonyl (C=O) groups is 1. The molecule has 0 unspecified atom stereocenters. The van der Waals surface area contributed by atoms with Crippen molar-refractivity contribution >= 4 is 29.1 Å². The predicted molar refractivity (Wildman–Crippen MR) is 70.6 cm³/mol. The van der Waals surface area contributed by atoms with Gasteiger partial charge in [-0.3, -0.25) is 0 Å². The summed E-state index contributed by atoms with van der Waals surface area (Å²) in [6, 6.07) is 7.36. The van der Waals surface area contributed by atoms with E-state index < -0.39 is 17.3 Å². The van der Waals surface area contributed by atoms with Gasteiger partial charge in [0, 0.05) is 11.2 Å². The van der Waals surface area contributed by atoms with E-state index in [4.69, 9.17) is 22.0 Å². The molecular formula is C13H7ClFN3O2. The maximum atomic E-state index is 13.9. The van der Waals surface area contributed by atoms with Crippen molar-refractivity contribution in [3.8, 4) is 6.07 Å². The Balaban J connectivity index is 2.46. The highest BCUT2D eigenvalue weighted by molar-refractivity contribution is 6.30. The van der Waals surface area contributed by atoms with E-state index in [9.17, 15) is 9.18 Å². The highest BCUT2D eigenvalue weighted by Crippen LogP contribution is 2.25. The molecule has 2 N–H and O–H groups in total. The first-order valence-electron chi connectivity index (χ1n) is 5.37. The molecule has 0 radical (unpaired) electrons. The van der Waals surface area contributed by atoms with Crippen LogP contribution < -0.4 is 5.32 Å². The Morgan fingerprint density at radius 2 is 2.20 bits per heavy atom. The summed E-state index contributed by atoms with van der Waals surface area (Å²) in [5, 5.41) is 20.7. The zero-order valence-corrected chi connectivity index (χ0v) is 10.6. The lowest BCUT2D eigenvalue weighted by atomic mass is 10.2. The van der Waals surface area contributed by atoms with E-state index in [1.807, 2.05) is 6.07 Å². The Morgan fingerprint density at radius 3 is 2.85 bits per heavy atom. The lowest BCUT2D eigenvalue weighted by Crippen LogP contribution is -2.06. The largest absolute Gasteiger partial charge is 0.478 e. The minimum absolute atomic E-state index is 0.233. The Kier molecular flexibility index (Phi) is 3.82. The molecule has 5 nitrogen and oxygen atoms in total. The van der Waals surface area contributed by atoms with Gasteiger partial charge >= 0.3 is 5.97 Å². The molecule has 1 aromatic heterocycles. The van der Waals surface area contributed by atoms with Crippen LogP contribution in [0.5, 0.6) is 0 Å². The van der Waals surface area contributed by atoms with Gasteiger partial charge in [0.25, 0.3) is 0 Å². The van der Waals surface area contributed by atoms with Gasteiger partial charge in [-0.25, -0.2) is 14.2 Å². The second-order valence-corrected chi connectivity index (χ2v) is 4.19. The molecule has 2 aromatic rings. The molecule has 0 bridgehead atoms. The standard InChI is InChI=1S/C13H7ClFN3O2/c14-8-2-1-7(6-16)10(5-8)18-12-11(15)9(13(19)20)3-4-17-12/h1-5H,(H,17,18)(H,19,20). The summed E-state index contributed by atoms with van der Waals surface area (Å²) in [4.78, 5) is 14.6. The molecule has 0 saturated carbocycles. The van der Waals surface area contributed by atoms with E-state index in [0.29, 0.717) is 5.02 Å². The topological polar surface area (TPSA) is 86.0 Å². The fraction of sp³-hybridized carbons (Fsp3) is 0. The van der Waals surface area contributed by atoms with Gasteiger partial charge < -0.3 is 10.4 Å². The summed E-state index contributed by atoms with van der Waals surface area (Å²) < 4.78 is 13.9. The second kappa shape index (κ2) is 5.55. The average Bonchev–Trinajstić information content (AvgIpc) is 2.41. The van der Waals surface area contributed by atoms with Crippen LogP contribution in [0, 0.1) is 17.1 Å². The van der Waals surface area contributed by atoms with Gasteiger partial charge in [-0.1, -0.05) is 11.6 Å². The van der Waals surface area contributed by atoms with Crippen LogP contribution in [0.4, 0.5) is 15.9 Å². The summed E-state index contributed by atoms with van der Waals surface area (Å²) in [6.07, 6.45) is 1.16.